The van der Waals surface area contributed by atoms with Crippen molar-refractivity contribution in [2.45, 2.75) is 0 Å². The maximum absolute atomic E-state index is 10.6. The summed E-state index contributed by atoms with van der Waals surface area (Å²) in [4.78, 5) is 10.6. The van der Waals surface area contributed by atoms with Gasteiger partial charge in [-0.3, -0.25) is 0 Å². The molecule has 0 aliphatic heterocycles. The number of H-pyrrole nitrogens is 1. The van der Waals surface area contributed by atoms with Crippen LogP contribution in [0.3, 0.4) is 0 Å². The van der Waals surface area contributed by atoms with Crippen molar-refractivity contribution in [2.75, 3.05) is 6.61 Å². The third kappa shape index (κ3) is 3.41. The molecule has 0 aliphatic rings. The summed E-state index contributed by atoms with van der Waals surface area (Å²) in [6.45, 7) is -0.437. The minimum atomic E-state index is -1.06. The molecule has 24 heavy (non-hydrogen) atoms. The predicted molar refractivity (Wildman–Crippen MR) is 87.7 cm³/mol. The van der Waals surface area contributed by atoms with Crippen molar-refractivity contribution in [2.24, 2.45) is 5.10 Å². The Labute approximate surface area is 141 Å². The lowest BCUT2D eigenvalue weighted by Crippen LogP contribution is -2.10. The van der Waals surface area contributed by atoms with Crippen molar-refractivity contribution < 1.29 is 19.1 Å². The Bertz CT molecular complexity index is 927. The molecule has 9 heteroatoms. The first-order valence-corrected chi connectivity index (χ1v) is 7.25. The molecular weight excluding hydrogens is 332 g/mol. The van der Waals surface area contributed by atoms with Crippen molar-refractivity contribution in [3.05, 3.63) is 53.0 Å². The molecular formula is C15H12N4O4S. The molecule has 0 atom stereocenters. The van der Waals surface area contributed by atoms with Gasteiger partial charge in [0.25, 0.3) is 0 Å². The maximum Gasteiger partial charge on any atom is 0.341 e. The lowest BCUT2D eigenvalue weighted by Gasteiger charge is -2.06. The van der Waals surface area contributed by atoms with E-state index in [2.05, 4.69) is 15.3 Å². The molecule has 0 bridgehead atoms. The Morgan fingerprint density at radius 2 is 2.25 bits per heavy atom. The summed E-state index contributed by atoms with van der Waals surface area (Å²) in [5.74, 6) is 0.275. The van der Waals surface area contributed by atoms with E-state index >= 15 is 0 Å². The standard InChI is InChI=1S/C15H12N4O4S/c20-13(21)9-23-11-5-2-1-4-10(11)8-16-19-14(17-18-15(19)24)12-6-3-7-22-12/h1-8H,9H2,(H,18,24)(H,20,21)/b16-8-. The van der Waals surface area contributed by atoms with Gasteiger partial charge in [-0.2, -0.15) is 9.78 Å². The van der Waals surface area contributed by atoms with Crippen LogP contribution in [0.4, 0.5) is 0 Å². The third-order valence-corrected chi connectivity index (χ3v) is 3.24. The number of ether oxygens (including phenoxy) is 1. The van der Waals surface area contributed by atoms with Crippen LogP contribution in [0.15, 0.2) is 52.2 Å². The zero-order valence-corrected chi connectivity index (χ0v) is 13.1. The highest BCUT2D eigenvalue weighted by Crippen LogP contribution is 2.19. The van der Waals surface area contributed by atoms with Crippen LogP contribution in [-0.4, -0.2) is 38.8 Å². The largest absolute Gasteiger partial charge is 0.481 e. The van der Waals surface area contributed by atoms with E-state index in [1.54, 1.807) is 36.4 Å². The third-order valence-electron chi connectivity index (χ3n) is 2.97. The number of aromatic nitrogens is 3. The van der Waals surface area contributed by atoms with Crippen molar-refractivity contribution in [3.63, 3.8) is 0 Å². The second-order valence-corrected chi connectivity index (χ2v) is 4.99. The van der Waals surface area contributed by atoms with E-state index in [0.29, 0.717) is 27.7 Å². The number of carboxylic acids is 1. The van der Waals surface area contributed by atoms with Gasteiger partial charge in [0.1, 0.15) is 5.75 Å². The number of carbonyl (C=O) groups is 1. The molecule has 0 saturated heterocycles. The number of aliphatic carboxylic acids is 1. The summed E-state index contributed by atoms with van der Waals surface area (Å²) in [7, 11) is 0. The Hall–Kier alpha value is -3.20. The van der Waals surface area contributed by atoms with Gasteiger partial charge >= 0.3 is 5.97 Å². The molecule has 0 aliphatic carbocycles. The minimum absolute atomic E-state index is 0.293. The van der Waals surface area contributed by atoms with Crippen LogP contribution in [0.2, 0.25) is 0 Å². The van der Waals surface area contributed by atoms with Gasteiger partial charge in [-0.1, -0.05) is 12.1 Å². The topological polar surface area (TPSA) is 106 Å². The lowest BCUT2D eigenvalue weighted by atomic mass is 10.2. The molecule has 122 valence electrons. The van der Waals surface area contributed by atoms with E-state index in [-0.39, 0.29) is 0 Å². The van der Waals surface area contributed by atoms with Crippen LogP contribution in [0, 0.1) is 4.77 Å². The van der Waals surface area contributed by atoms with E-state index in [9.17, 15) is 4.79 Å². The Morgan fingerprint density at radius 3 is 3.00 bits per heavy atom. The van der Waals surface area contributed by atoms with Crippen LogP contribution >= 0.6 is 12.2 Å². The Morgan fingerprint density at radius 1 is 1.42 bits per heavy atom. The molecule has 8 nitrogen and oxygen atoms in total. The van der Waals surface area contributed by atoms with Crippen molar-refractivity contribution in [1.82, 2.24) is 14.9 Å². The van der Waals surface area contributed by atoms with E-state index in [1.807, 2.05) is 0 Å². The number of hydrogen-bond acceptors (Lipinski definition) is 6. The van der Waals surface area contributed by atoms with E-state index in [0.717, 1.165) is 0 Å². The average molecular weight is 344 g/mol. The summed E-state index contributed by atoms with van der Waals surface area (Å²) in [5, 5.41) is 19.7. The van der Waals surface area contributed by atoms with Crippen LogP contribution in [0.25, 0.3) is 11.6 Å². The fraction of sp³-hybridized carbons (Fsp3) is 0.0667. The highest BCUT2D eigenvalue weighted by atomic mass is 32.1. The molecule has 2 aromatic heterocycles. The number of furan rings is 1. The first-order chi connectivity index (χ1) is 11.6. The summed E-state index contributed by atoms with van der Waals surface area (Å²) in [6, 6.07) is 10.4. The lowest BCUT2D eigenvalue weighted by molar-refractivity contribution is -0.139. The van der Waals surface area contributed by atoms with Gasteiger partial charge in [-0.15, -0.1) is 5.10 Å². The highest BCUT2D eigenvalue weighted by molar-refractivity contribution is 7.71. The molecule has 1 aromatic carbocycles. The molecule has 2 N–H and O–H groups in total. The number of para-hydroxylation sites is 1. The first-order valence-electron chi connectivity index (χ1n) is 6.84. The van der Waals surface area contributed by atoms with Gasteiger partial charge in [-0.25, -0.2) is 9.89 Å². The number of carboxylic acid groups (broad SMARTS) is 1. The number of nitrogens with one attached hydrogen (secondary N) is 1. The fourth-order valence-electron chi connectivity index (χ4n) is 1.94. The fourth-order valence-corrected chi connectivity index (χ4v) is 2.12. The van der Waals surface area contributed by atoms with Gasteiger partial charge in [-0.05, 0) is 36.5 Å². The normalized spacial score (nSPS) is 11.0. The molecule has 0 spiro atoms. The monoisotopic (exact) mass is 344 g/mol. The first kappa shape index (κ1) is 15.7. The zero-order valence-electron chi connectivity index (χ0n) is 12.2. The number of aromatic amines is 1. The quantitative estimate of drug-likeness (QED) is 0.526. The average Bonchev–Trinajstić information content (AvgIpc) is 3.21. The molecule has 3 aromatic rings. The molecule has 0 unspecified atom stereocenters. The number of hydrogen-bond donors (Lipinski definition) is 2. The molecule has 0 amide bonds. The zero-order chi connectivity index (χ0) is 16.9. The van der Waals surface area contributed by atoms with E-state index in [4.69, 9.17) is 26.5 Å². The second-order valence-electron chi connectivity index (χ2n) is 4.61. The molecule has 0 radical (unpaired) electrons. The van der Waals surface area contributed by atoms with Crippen LogP contribution in [-0.2, 0) is 4.79 Å². The van der Waals surface area contributed by atoms with Crippen molar-refractivity contribution in [1.29, 1.82) is 0 Å². The number of rotatable bonds is 6. The van der Waals surface area contributed by atoms with Crippen molar-refractivity contribution in [3.8, 4) is 17.3 Å². The van der Waals surface area contributed by atoms with Crippen LogP contribution in [0.1, 0.15) is 5.56 Å². The number of nitrogens with zero attached hydrogens (tertiary/aromatic N) is 3. The Kier molecular flexibility index (Phi) is 4.52. The van der Waals surface area contributed by atoms with Crippen LogP contribution < -0.4 is 4.74 Å². The molecule has 3 rings (SSSR count). The van der Waals surface area contributed by atoms with Gasteiger partial charge in [0.2, 0.25) is 10.6 Å². The van der Waals surface area contributed by atoms with Gasteiger partial charge in [0.15, 0.2) is 12.4 Å². The van der Waals surface area contributed by atoms with E-state index in [1.165, 1.54) is 17.2 Å². The van der Waals surface area contributed by atoms with Crippen molar-refractivity contribution >= 4 is 24.4 Å². The maximum atomic E-state index is 10.6. The van der Waals surface area contributed by atoms with Crippen LogP contribution in [0.5, 0.6) is 5.75 Å². The molecule has 2 heterocycles. The van der Waals surface area contributed by atoms with Gasteiger partial charge < -0.3 is 14.3 Å². The molecule has 0 saturated carbocycles. The number of benzene rings is 1. The van der Waals surface area contributed by atoms with Gasteiger partial charge in [0, 0.05) is 5.56 Å². The predicted octanol–water partition coefficient (Wildman–Crippen LogP) is 2.55. The summed E-state index contributed by atoms with van der Waals surface area (Å²) < 4.78 is 12.2. The Balaban J connectivity index is 1.91. The molecule has 0 fully saturated rings. The SMILES string of the molecule is O=C(O)COc1ccccc1/C=N\n1c(-c2ccco2)n[nH]c1=S. The second kappa shape index (κ2) is 6.92. The minimum Gasteiger partial charge on any atom is -0.481 e. The summed E-state index contributed by atoms with van der Waals surface area (Å²) in [5.41, 5.74) is 0.604. The summed E-state index contributed by atoms with van der Waals surface area (Å²) in [6.07, 6.45) is 3.03. The highest BCUT2D eigenvalue weighted by Gasteiger charge is 2.11. The van der Waals surface area contributed by atoms with Gasteiger partial charge in [0.05, 0.1) is 12.5 Å². The smallest absolute Gasteiger partial charge is 0.341 e. The van der Waals surface area contributed by atoms with E-state index < -0.39 is 12.6 Å². The summed E-state index contributed by atoms with van der Waals surface area (Å²) >= 11 is 5.16.